The van der Waals surface area contributed by atoms with Gasteiger partial charge in [0.2, 0.25) is 10.4 Å². The molecule has 0 aromatic carbocycles. The van der Waals surface area contributed by atoms with Gasteiger partial charge in [-0.25, -0.2) is 13.6 Å². The molecule has 18 nitrogen and oxygen atoms in total. The Bertz CT molecular complexity index is 1080. The van der Waals surface area contributed by atoms with Crippen molar-refractivity contribution in [2.45, 2.75) is 113 Å². The lowest BCUT2D eigenvalue weighted by molar-refractivity contribution is -0.349. The van der Waals surface area contributed by atoms with Crippen LogP contribution in [0, 0.1) is 5.92 Å². The normalized spacial score (nSPS) is 46.4. The third kappa shape index (κ3) is 8.50. The highest BCUT2D eigenvalue weighted by Gasteiger charge is 2.52. The Kier molecular flexibility index (Phi) is 11.5. The fourth-order valence-corrected chi connectivity index (χ4v) is 6.00. The molecule has 0 radical (unpaired) electrons. The number of likely N-dealkylation sites (N-methyl/N-ethyl adjacent to an activating group) is 1. The Balaban J connectivity index is 1.86. The summed E-state index contributed by atoms with van der Waals surface area (Å²) < 4.78 is 94.9. The maximum Gasteiger partial charge on any atom is 0.333 e. The molecular formula is C21H39N2O16S2-. The molecule has 0 bridgehead atoms. The lowest BCUT2D eigenvalue weighted by atomic mass is 9.92. The highest BCUT2D eigenvalue weighted by Crippen LogP contribution is 2.34. The van der Waals surface area contributed by atoms with Gasteiger partial charge in [0.1, 0.15) is 42.7 Å². The van der Waals surface area contributed by atoms with E-state index in [1.54, 1.807) is 0 Å². The second-order valence-corrected chi connectivity index (χ2v) is 12.6. The number of ether oxygens (including phenoxy) is 5. The fourth-order valence-electron chi connectivity index (χ4n) is 5.14. The molecule has 0 spiro atoms. The van der Waals surface area contributed by atoms with E-state index in [9.17, 15) is 41.8 Å². The molecular weight excluding hydrogens is 600 g/mol. The van der Waals surface area contributed by atoms with Gasteiger partial charge in [-0.05, 0) is 27.8 Å². The number of nitrogens with two attached hydrogens (primary N) is 1. The first-order valence-corrected chi connectivity index (χ1v) is 15.6. The molecule has 3 aliphatic rings. The number of hydrogen-bond donors (Lipinski definition) is 6. The zero-order valence-corrected chi connectivity index (χ0v) is 24.6. The molecule has 3 fully saturated rings. The summed E-state index contributed by atoms with van der Waals surface area (Å²) in [6.45, 7) is 5.15. The summed E-state index contributed by atoms with van der Waals surface area (Å²) in [7, 11) is -8.28. The number of rotatable bonds is 10. The van der Waals surface area contributed by atoms with Crippen molar-refractivity contribution in [2.75, 3.05) is 13.7 Å². The Morgan fingerprint density at radius 3 is 1.93 bits per heavy atom. The Hall–Kier alpha value is -0.660. The van der Waals surface area contributed by atoms with Gasteiger partial charge in [0, 0.05) is 5.92 Å². The van der Waals surface area contributed by atoms with Crippen molar-refractivity contribution >= 4 is 20.7 Å². The zero-order chi connectivity index (χ0) is 31.0. The predicted molar refractivity (Wildman–Crippen MR) is 132 cm³/mol. The van der Waals surface area contributed by atoms with E-state index in [0.29, 0.717) is 0 Å². The van der Waals surface area contributed by atoms with Crippen molar-refractivity contribution in [3.05, 3.63) is 0 Å². The van der Waals surface area contributed by atoms with Gasteiger partial charge in [-0.15, -0.1) is 0 Å². The van der Waals surface area contributed by atoms with Crippen LogP contribution in [0.25, 0.3) is 0 Å². The highest BCUT2D eigenvalue weighted by molar-refractivity contribution is 7.84. The largest absolute Gasteiger partial charge is 0.726 e. The van der Waals surface area contributed by atoms with E-state index in [2.05, 4.69) is 9.50 Å². The number of hydrogen-bond acceptors (Lipinski definition) is 17. The lowest BCUT2D eigenvalue weighted by Gasteiger charge is -2.49. The number of nitrogens with one attached hydrogen (secondary N) is 1. The van der Waals surface area contributed by atoms with Gasteiger partial charge in [-0.3, -0.25) is 8.37 Å². The van der Waals surface area contributed by atoms with Crippen LogP contribution in [0.4, 0.5) is 0 Å². The van der Waals surface area contributed by atoms with Gasteiger partial charge in [-0.1, -0.05) is 6.92 Å². The average Bonchev–Trinajstić information content (AvgIpc) is 2.85. The van der Waals surface area contributed by atoms with Crippen molar-refractivity contribution in [1.29, 1.82) is 0 Å². The first-order valence-electron chi connectivity index (χ1n) is 12.8. The molecule has 242 valence electrons. The van der Waals surface area contributed by atoms with Crippen molar-refractivity contribution in [2.24, 2.45) is 11.1 Å². The molecule has 3 saturated heterocycles. The van der Waals surface area contributed by atoms with E-state index in [-0.39, 0.29) is 0 Å². The minimum atomic E-state index is -5.23. The molecule has 0 saturated carbocycles. The van der Waals surface area contributed by atoms with Crippen molar-refractivity contribution in [1.82, 2.24) is 5.32 Å². The van der Waals surface area contributed by atoms with E-state index in [1.807, 2.05) is 0 Å². The maximum absolute atomic E-state index is 11.5. The number of aliphatic hydroxyl groups is 4. The molecule has 0 aromatic rings. The van der Waals surface area contributed by atoms with Gasteiger partial charge in [0.05, 0.1) is 37.1 Å². The van der Waals surface area contributed by atoms with E-state index in [0.717, 1.165) is 0 Å². The SMILES string of the molecule is CNC1[C@@H](OC2C(C)O[C@@H](C)C(OS(=O)(=O)[O-])[C@@H]2O)OC(COS(N)(=O)=O)[C@@H](O[C@@H]2OC(C)C(O)[C@@H](O)C2C)[C@@H]1O. The summed E-state index contributed by atoms with van der Waals surface area (Å²) in [5.41, 5.74) is 0. The molecule has 3 heterocycles. The summed E-state index contributed by atoms with van der Waals surface area (Å²) >= 11 is 0. The molecule has 0 amide bonds. The first-order chi connectivity index (χ1) is 18.8. The van der Waals surface area contributed by atoms with Crippen molar-refractivity contribution in [3.63, 3.8) is 0 Å². The van der Waals surface area contributed by atoms with Crippen LogP contribution in [0.2, 0.25) is 0 Å². The van der Waals surface area contributed by atoms with Gasteiger partial charge in [-0.2, -0.15) is 8.42 Å². The molecule has 20 heteroatoms. The summed E-state index contributed by atoms with van der Waals surface area (Å²) in [5.74, 6) is -0.790. The van der Waals surface area contributed by atoms with E-state index < -0.39 is 119 Å². The van der Waals surface area contributed by atoms with Crippen LogP contribution in [0.15, 0.2) is 0 Å². The highest BCUT2D eigenvalue weighted by atomic mass is 32.3. The van der Waals surface area contributed by atoms with Gasteiger partial charge in [0.25, 0.3) is 0 Å². The third-order valence-electron chi connectivity index (χ3n) is 7.39. The van der Waals surface area contributed by atoms with Crippen LogP contribution in [0.3, 0.4) is 0 Å². The van der Waals surface area contributed by atoms with Crippen molar-refractivity contribution < 1.29 is 73.9 Å². The van der Waals surface area contributed by atoms with Gasteiger partial charge < -0.3 is 54.0 Å². The van der Waals surface area contributed by atoms with Gasteiger partial charge in [0.15, 0.2) is 12.6 Å². The summed E-state index contributed by atoms with van der Waals surface area (Å²) in [6.07, 6.45) is -16.9. The molecule has 41 heavy (non-hydrogen) atoms. The molecule has 3 rings (SSSR count). The van der Waals surface area contributed by atoms with Crippen molar-refractivity contribution in [3.8, 4) is 0 Å². The first kappa shape index (κ1) is 34.8. The number of aliphatic hydroxyl groups excluding tert-OH is 4. The fraction of sp³-hybridized carbons (Fsp3) is 1.00. The molecule has 15 atom stereocenters. The standard InChI is InChI=1S/C21H40N2O16S2/c1-7-13(24)14(25)8(2)35-20(7)38-19-11(6-33-40(22,28)29)36-21(12(23-5)15(19)26)37-17-9(3)34-10(4)18(16(17)27)39-41(30,31)32/h7-21,23-27H,6H2,1-5H3,(H2,22,28,29)(H,30,31,32)/p-1/t7?,8?,9?,10-,11?,12?,13-,14?,15+,16+,17?,18?,19+,20-,21+/m0/s1. The zero-order valence-electron chi connectivity index (χ0n) is 22.9. The quantitative estimate of drug-likeness (QED) is 0.0975. The van der Waals surface area contributed by atoms with Crippen LogP contribution in [-0.4, -0.2) is 141 Å². The maximum atomic E-state index is 11.5. The second kappa shape index (κ2) is 13.5. The summed E-state index contributed by atoms with van der Waals surface area (Å²) in [6, 6.07) is -1.13. The monoisotopic (exact) mass is 639 g/mol. The van der Waals surface area contributed by atoms with Crippen LogP contribution in [0.1, 0.15) is 27.7 Å². The van der Waals surface area contributed by atoms with Crippen LogP contribution >= 0.6 is 0 Å². The van der Waals surface area contributed by atoms with Crippen LogP contribution in [-0.2, 0) is 52.8 Å². The molecule has 0 aromatic heterocycles. The second-order valence-electron chi connectivity index (χ2n) is 10.4. The topological polar surface area (TPSA) is 275 Å². The minimum absolute atomic E-state index is 0.769. The van der Waals surface area contributed by atoms with Crippen LogP contribution < -0.4 is 10.5 Å². The van der Waals surface area contributed by atoms with E-state index in [1.165, 1.54) is 34.7 Å². The van der Waals surface area contributed by atoms with Crippen LogP contribution in [0.5, 0.6) is 0 Å². The average molecular weight is 640 g/mol. The summed E-state index contributed by atoms with van der Waals surface area (Å²) in [5, 5.41) is 50.4. The molecule has 0 aliphatic carbocycles. The molecule has 7 N–H and O–H groups in total. The third-order valence-corrected chi connectivity index (χ3v) is 8.31. The van der Waals surface area contributed by atoms with E-state index >= 15 is 0 Å². The minimum Gasteiger partial charge on any atom is -0.726 e. The summed E-state index contributed by atoms with van der Waals surface area (Å²) in [4.78, 5) is 0. The lowest BCUT2D eigenvalue weighted by Crippen LogP contribution is -2.67. The Morgan fingerprint density at radius 2 is 1.37 bits per heavy atom. The Morgan fingerprint density at radius 1 is 0.780 bits per heavy atom. The predicted octanol–water partition coefficient (Wildman–Crippen LogP) is -4.23. The van der Waals surface area contributed by atoms with Gasteiger partial charge >= 0.3 is 10.3 Å². The smallest absolute Gasteiger partial charge is 0.333 e. The molecule has 8 unspecified atom stereocenters. The molecule has 3 aliphatic heterocycles. The van der Waals surface area contributed by atoms with E-state index in [4.69, 9.17) is 33.0 Å². The Labute approximate surface area is 238 Å².